The Morgan fingerprint density at radius 1 is 1.07 bits per heavy atom. The van der Waals surface area contributed by atoms with Crippen LogP contribution in [0.25, 0.3) is 11.3 Å². The highest BCUT2D eigenvalue weighted by molar-refractivity contribution is 7.14. The Balaban J connectivity index is 1.67. The van der Waals surface area contributed by atoms with Gasteiger partial charge in [0.15, 0.2) is 11.5 Å². The monoisotopic (exact) mass is 401 g/mol. The summed E-state index contributed by atoms with van der Waals surface area (Å²) < 4.78 is 11.2. The molecule has 0 bridgehead atoms. The maximum absolute atomic E-state index is 5.92. The Morgan fingerprint density at radius 2 is 1.81 bits per heavy atom. The molecule has 0 fully saturated rings. The summed E-state index contributed by atoms with van der Waals surface area (Å²) in [6, 6.07) is 13.3. The number of benzene rings is 2. The van der Waals surface area contributed by atoms with Crippen LogP contribution in [0.2, 0.25) is 5.02 Å². The fourth-order valence-corrected chi connectivity index (χ4v) is 3.18. The van der Waals surface area contributed by atoms with Crippen LogP contribution in [-0.4, -0.2) is 24.4 Å². The molecule has 7 heteroatoms. The van der Waals surface area contributed by atoms with Crippen molar-refractivity contribution in [3.05, 3.63) is 58.4 Å². The van der Waals surface area contributed by atoms with E-state index < -0.39 is 0 Å². The van der Waals surface area contributed by atoms with Gasteiger partial charge >= 0.3 is 0 Å². The summed E-state index contributed by atoms with van der Waals surface area (Å²) in [6.45, 7) is 5.06. The van der Waals surface area contributed by atoms with Crippen molar-refractivity contribution in [2.24, 2.45) is 5.10 Å². The van der Waals surface area contributed by atoms with E-state index in [9.17, 15) is 0 Å². The number of aromatic nitrogens is 1. The van der Waals surface area contributed by atoms with Gasteiger partial charge in [0.25, 0.3) is 0 Å². The number of anilines is 1. The molecule has 3 aromatic rings. The molecule has 0 atom stereocenters. The number of halogens is 1. The maximum Gasteiger partial charge on any atom is 0.203 e. The first-order valence-electron chi connectivity index (χ1n) is 8.59. The molecule has 0 amide bonds. The molecule has 140 valence electrons. The summed E-state index contributed by atoms with van der Waals surface area (Å²) in [5, 5.41) is 7.66. The number of rotatable bonds is 8. The first kappa shape index (κ1) is 19.2. The van der Waals surface area contributed by atoms with E-state index in [-0.39, 0.29) is 0 Å². The molecule has 0 saturated carbocycles. The predicted octanol–water partition coefficient (Wildman–Crippen LogP) is 5.71. The second kappa shape index (κ2) is 9.39. The second-order valence-electron chi connectivity index (χ2n) is 5.49. The number of nitrogens with zero attached hydrogens (tertiary/aromatic N) is 2. The third-order valence-corrected chi connectivity index (χ3v) is 4.58. The quantitative estimate of drug-likeness (QED) is 0.388. The van der Waals surface area contributed by atoms with E-state index in [1.807, 2.05) is 61.7 Å². The molecule has 0 radical (unpaired) electrons. The predicted molar refractivity (Wildman–Crippen MR) is 113 cm³/mol. The SMILES string of the molecule is CCOc1ccc(/C=N\Nc2nc(-c3ccc(Cl)cc3)cs2)cc1OCC. The molecule has 1 N–H and O–H groups in total. The van der Waals surface area contributed by atoms with Crippen LogP contribution in [0.5, 0.6) is 11.5 Å². The third kappa shape index (κ3) is 5.21. The fraction of sp³-hybridized carbons (Fsp3) is 0.200. The zero-order chi connectivity index (χ0) is 19.1. The van der Waals surface area contributed by atoms with E-state index in [1.54, 1.807) is 6.21 Å². The number of hydrogen-bond donors (Lipinski definition) is 1. The summed E-state index contributed by atoms with van der Waals surface area (Å²) in [4.78, 5) is 4.53. The van der Waals surface area contributed by atoms with Crippen LogP contribution in [0.15, 0.2) is 52.9 Å². The average molecular weight is 402 g/mol. The summed E-state index contributed by atoms with van der Waals surface area (Å²) >= 11 is 7.41. The van der Waals surface area contributed by atoms with Crippen LogP contribution in [0, 0.1) is 0 Å². The molecule has 0 aliphatic heterocycles. The van der Waals surface area contributed by atoms with E-state index in [4.69, 9.17) is 21.1 Å². The minimum Gasteiger partial charge on any atom is -0.490 e. The van der Waals surface area contributed by atoms with Crippen molar-refractivity contribution in [1.82, 2.24) is 4.98 Å². The summed E-state index contributed by atoms with van der Waals surface area (Å²) in [5.74, 6) is 1.44. The minimum absolute atomic E-state index is 0.575. The molecule has 0 unspecified atom stereocenters. The number of thiazole rings is 1. The number of nitrogens with one attached hydrogen (secondary N) is 1. The molecule has 3 rings (SSSR count). The van der Waals surface area contributed by atoms with Gasteiger partial charge in [0.05, 0.1) is 25.1 Å². The van der Waals surface area contributed by atoms with E-state index in [2.05, 4.69) is 15.5 Å². The molecule has 5 nitrogen and oxygen atoms in total. The molecular formula is C20H20ClN3O2S. The van der Waals surface area contributed by atoms with Crippen molar-refractivity contribution < 1.29 is 9.47 Å². The van der Waals surface area contributed by atoms with E-state index in [1.165, 1.54) is 11.3 Å². The van der Waals surface area contributed by atoms with Gasteiger partial charge in [-0.3, -0.25) is 5.43 Å². The van der Waals surface area contributed by atoms with Crippen molar-refractivity contribution >= 4 is 34.3 Å². The standard InChI is InChI=1S/C20H20ClN3O2S/c1-3-25-18-10-5-14(11-19(18)26-4-2)12-22-24-20-23-17(13-27-20)15-6-8-16(21)9-7-15/h5-13H,3-4H2,1-2H3,(H,23,24)/b22-12-. The second-order valence-corrected chi connectivity index (χ2v) is 6.78. The molecule has 27 heavy (non-hydrogen) atoms. The fourth-order valence-electron chi connectivity index (χ4n) is 2.39. The first-order chi connectivity index (χ1) is 13.2. The maximum atomic E-state index is 5.92. The third-order valence-electron chi connectivity index (χ3n) is 3.59. The lowest BCUT2D eigenvalue weighted by molar-refractivity contribution is 0.288. The number of hydrogen-bond acceptors (Lipinski definition) is 6. The Hall–Kier alpha value is -2.57. The van der Waals surface area contributed by atoms with Crippen molar-refractivity contribution in [3.63, 3.8) is 0 Å². The van der Waals surface area contributed by atoms with Crippen LogP contribution < -0.4 is 14.9 Å². The molecule has 2 aromatic carbocycles. The normalized spacial score (nSPS) is 10.9. The lowest BCUT2D eigenvalue weighted by Crippen LogP contribution is -1.99. The number of hydrazone groups is 1. The van der Waals surface area contributed by atoms with E-state index in [0.29, 0.717) is 29.1 Å². The molecular weight excluding hydrogens is 382 g/mol. The summed E-state index contributed by atoms with van der Waals surface area (Å²) in [7, 11) is 0. The number of ether oxygens (including phenoxy) is 2. The molecule has 0 aliphatic rings. The Bertz CT molecular complexity index is 910. The molecule has 0 saturated heterocycles. The van der Waals surface area contributed by atoms with Gasteiger partial charge < -0.3 is 9.47 Å². The molecule has 1 heterocycles. The summed E-state index contributed by atoms with van der Waals surface area (Å²) in [6.07, 6.45) is 1.72. The van der Waals surface area contributed by atoms with Gasteiger partial charge in [-0.25, -0.2) is 4.98 Å². The smallest absolute Gasteiger partial charge is 0.203 e. The van der Waals surface area contributed by atoms with E-state index >= 15 is 0 Å². The van der Waals surface area contributed by atoms with Gasteiger partial charge in [0.1, 0.15) is 0 Å². The Labute approximate surface area is 167 Å². The molecule has 0 spiro atoms. The van der Waals surface area contributed by atoms with Gasteiger partial charge in [0, 0.05) is 16.0 Å². The van der Waals surface area contributed by atoms with Crippen LogP contribution in [0.4, 0.5) is 5.13 Å². The van der Waals surface area contributed by atoms with Crippen LogP contribution in [0.3, 0.4) is 0 Å². The van der Waals surface area contributed by atoms with Crippen molar-refractivity contribution in [2.75, 3.05) is 18.6 Å². The van der Waals surface area contributed by atoms with Crippen molar-refractivity contribution in [1.29, 1.82) is 0 Å². The van der Waals surface area contributed by atoms with E-state index in [0.717, 1.165) is 22.6 Å². The zero-order valence-electron chi connectivity index (χ0n) is 15.1. The Kier molecular flexibility index (Phi) is 6.68. The Morgan fingerprint density at radius 3 is 2.56 bits per heavy atom. The average Bonchev–Trinajstić information content (AvgIpc) is 3.14. The highest BCUT2D eigenvalue weighted by Gasteiger charge is 2.06. The van der Waals surface area contributed by atoms with Crippen molar-refractivity contribution in [2.45, 2.75) is 13.8 Å². The topological polar surface area (TPSA) is 55.7 Å². The van der Waals surface area contributed by atoms with Crippen LogP contribution in [-0.2, 0) is 0 Å². The van der Waals surface area contributed by atoms with Gasteiger partial charge in [-0.15, -0.1) is 11.3 Å². The van der Waals surface area contributed by atoms with Crippen LogP contribution in [0.1, 0.15) is 19.4 Å². The van der Waals surface area contributed by atoms with Gasteiger partial charge in [-0.1, -0.05) is 23.7 Å². The van der Waals surface area contributed by atoms with Crippen LogP contribution >= 0.6 is 22.9 Å². The van der Waals surface area contributed by atoms with Gasteiger partial charge in [-0.05, 0) is 49.7 Å². The lowest BCUT2D eigenvalue weighted by atomic mass is 10.2. The first-order valence-corrected chi connectivity index (χ1v) is 9.85. The largest absolute Gasteiger partial charge is 0.490 e. The summed E-state index contributed by atoms with van der Waals surface area (Å²) in [5.41, 5.74) is 5.77. The molecule has 1 aromatic heterocycles. The van der Waals surface area contributed by atoms with Gasteiger partial charge in [-0.2, -0.15) is 5.10 Å². The molecule has 0 aliphatic carbocycles. The minimum atomic E-state index is 0.575. The highest BCUT2D eigenvalue weighted by Crippen LogP contribution is 2.28. The zero-order valence-corrected chi connectivity index (χ0v) is 16.7. The van der Waals surface area contributed by atoms with Gasteiger partial charge in [0.2, 0.25) is 5.13 Å². The van der Waals surface area contributed by atoms with Crippen molar-refractivity contribution in [3.8, 4) is 22.8 Å². The highest BCUT2D eigenvalue weighted by atomic mass is 35.5. The lowest BCUT2D eigenvalue weighted by Gasteiger charge is -2.11.